The summed E-state index contributed by atoms with van der Waals surface area (Å²) in [6.07, 6.45) is 3.55. The highest BCUT2D eigenvalue weighted by Crippen LogP contribution is 2.38. The van der Waals surface area contributed by atoms with Crippen molar-refractivity contribution in [1.82, 2.24) is 0 Å². The number of hydrogen-bond acceptors (Lipinski definition) is 2. The van der Waals surface area contributed by atoms with Crippen molar-refractivity contribution in [3.63, 3.8) is 0 Å². The minimum absolute atomic E-state index is 0.149. The smallest absolute Gasteiger partial charge is 0.195 e. The van der Waals surface area contributed by atoms with E-state index in [4.69, 9.17) is 9.16 Å². The molecular formula is C18H30O2Si. The fraction of sp³-hybridized carbons (Fsp3) is 0.556. The molecule has 0 saturated heterocycles. The van der Waals surface area contributed by atoms with Gasteiger partial charge in [-0.2, -0.15) is 0 Å². The fourth-order valence-corrected chi connectivity index (χ4v) is 2.90. The Bertz CT molecular complexity index is 421. The van der Waals surface area contributed by atoms with Crippen molar-refractivity contribution in [2.45, 2.75) is 64.6 Å². The van der Waals surface area contributed by atoms with Crippen molar-refractivity contribution in [3.05, 3.63) is 48.6 Å². The molecule has 0 spiro atoms. The van der Waals surface area contributed by atoms with Crippen molar-refractivity contribution in [2.75, 3.05) is 0 Å². The van der Waals surface area contributed by atoms with Gasteiger partial charge < -0.3 is 9.16 Å². The third kappa shape index (κ3) is 6.16. The quantitative estimate of drug-likeness (QED) is 0.358. The molecule has 0 radical (unpaired) electrons. The van der Waals surface area contributed by atoms with E-state index in [0.29, 0.717) is 6.61 Å². The lowest BCUT2D eigenvalue weighted by atomic mass is 10.2. The number of ether oxygens (including phenoxy) is 1. The molecule has 0 aromatic heterocycles. The lowest BCUT2D eigenvalue weighted by molar-refractivity contribution is -0.101. The molecule has 0 amide bonds. The molecule has 21 heavy (non-hydrogen) atoms. The number of hydrogen-bond donors (Lipinski definition) is 0. The molecule has 118 valence electrons. The summed E-state index contributed by atoms with van der Waals surface area (Å²) in [6.45, 7) is 15.7. The van der Waals surface area contributed by atoms with E-state index in [1.807, 2.05) is 24.3 Å². The maximum atomic E-state index is 6.40. The number of rotatable bonds is 8. The van der Waals surface area contributed by atoms with Crippen LogP contribution in [0.25, 0.3) is 0 Å². The van der Waals surface area contributed by atoms with E-state index in [0.717, 1.165) is 12.8 Å². The van der Waals surface area contributed by atoms with Gasteiger partial charge in [0.15, 0.2) is 8.32 Å². The summed E-state index contributed by atoms with van der Waals surface area (Å²) >= 11 is 0. The summed E-state index contributed by atoms with van der Waals surface area (Å²) in [5, 5.41) is 0.190. The third-order valence-corrected chi connectivity index (χ3v) is 8.58. The Kier molecular flexibility index (Phi) is 6.85. The Hall–Kier alpha value is -0.903. The SMILES string of the molecule is C=CCCC(OCc1ccccc1)O[Si](C)(C)C(C)(C)C. The van der Waals surface area contributed by atoms with E-state index in [-0.39, 0.29) is 11.3 Å². The Balaban J connectivity index is 2.65. The van der Waals surface area contributed by atoms with Crippen LogP contribution in [-0.2, 0) is 15.8 Å². The molecular weight excluding hydrogens is 276 g/mol. The molecule has 1 aromatic rings. The average molecular weight is 307 g/mol. The second kappa shape index (κ2) is 7.92. The molecule has 0 fully saturated rings. The van der Waals surface area contributed by atoms with Gasteiger partial charge in [0.25, 0.3) is 0 Å². The zero-order valence-electron chi connectivity index (χ0n) is 14.2. The summed E-state index contributed by atoms with van der Waals surface area (Å²) in [5.74, 6) is 0. The predicted molar refractivity (Wildman–Crippen MR) is 92.7 cm³/mol. The largest absolute Gasteiger partial charge is 0.392 e. The summed E-state index contributed by atoms with van der Waals surface area (Å²) in [7, 11) is -1.82. The maximum absolute atomic E-state index is 6.40. The molecule has 3 heteroatoms. The lowest BCUT2D eigenvalue weighted by Gasteiger charge is -2.39. The normalized spacial score (nSPS) is 14.0. The summed E-state index contributed by atoms with van der Waals surface area (Å²) < 4.78 is 12.4. The molecule has 0 aliphatic heterocycles. The average Bonchev–Trinajstić information content (AvgIpc) is 2.41. The van der Waals surface area contributed by atoms with Crippen LogP contribution in [-0.4, -0.2) is 14.6 Å². The maximum Gasteiger partial charge on any atom is 0.195 e. The number of benzene rings is 1. The van der Waals surface area contributed by atoms with Gasteiger partial charge in [-0.15, -0.1) is 6.58 Å². The van der Waals surface area contributed by atoms with E-state index in [9.17, 15) is 0 Å². The van der Waals surface area contributed by atoms with Crippen molar-refractivity contribution in [2.24, 2.45) is 0 Å². The third-order valence-electron chi connectivity index (χ3n) is 4.12. The molecule has 0 heterocycles. The van der Waals surface area contributed by atoms with Crippen molar-refractivity contribution >= 4 is 8.32 Å². The standard InChI is InChI=1S/C18H30O2Si/c1-7-8-14-17(20-21(5,6)18(2,3)4)19-15-16-12-10-9-11-13-16/h7,9-13,17H,1,8,14-15H2,2-6H3. The molecule has 0 N–H and O–H groups in total. The summed E-state index contributed by atoms with van der Waals surface area (Å²) in [6, 6.07) is 10.2. The first-order valence-electron chi connectivity index (χ1n) is 7.70. The minimum atomic E-state index is -1.82. The zero-order valence-corrected chi connectivity index (χ0v) is 15.2. The predicted octanol–water partition coefficient (Wildman–Crippen LogP) is 5.52. The van der Waals surface area contributed by atoms with Crippen LogP contribution in [0.15, 0.2) is 43.0 Å². The molecule has 0 bridgehead atoms. The summed E-state index contributed by atoms with van der Waals surface area (Å²) in [4.78, 5) is 0. The molecule has 2 nitrogen and oxygen atoms in total. The Morgan fingerprint density at radius 3 is 2.33 bits per heavy atom. The van der Waals surface area contributed by atoms with Gasteiger partial charge in [0.1, 0.15) is 6.29 Å². The second-order valence-corrected chi connectivity index (χ2v) is 11.7. The van der Waals surface area contributed by atoms with Gasteiger partial charge in [0, 0.05) is 6.42 Å². The first-order valence-corrected chi connectivity index (χ1v) is 10.6. The Labute approximate surface area is 131 Å². The van der Waals surface area contributed by atoms with Gasteiger partial charge in [-0.3, -0.25) is 0 Å². The van der Waals surface area contributed by atoms with Gasteiger partial charge >= 0.3 is 0 Å². The van der Waals surface area contributed by atoms with Gasteiger partial charge in [0.05, 0.1) is 6.61 Å². The molecule has 1 atom stereocenters. The van der Waals surface area contributed by atoms with Crippen LogP contribution in [0.3, 0.4) is 0 Å². The van der Waals surface area contributed by atoms with Gasteiger partial charge in [-0.25, -0.2) is 0 Å². The summed E-state index contributed by atoms with van der Waals surface area (Å²) in [5.41, 5.74) is 1.18. The lowest BCUT2D eigenvalue weighted by Crippen LogP contribution is -2.44. The van der Waals surface area contributed by atoms with Crippen LogP contribution in [0.4, 0.5) is 0 Å². The van der Waals surface area contributed by atoms with E-state index in [2.05, 4.69) is 52.6 Å². The molecule has 1 unspecified atom stereocenters. The zero-order chi connectivity index (χ0) is 15.9. The topological polar surface area (TPSA) is 18.5 Å². The minimum Gasteiger partial charge on any atom is -0.392 e. The van der Waals surface area contributed by atoms with E-state index >= 15 is 0 Å². The monoisotopic (exact) mass is 306 g/mol. The molecule has 0 saturated carbocycles. The highest BCUT2D eigenvalue weighted by atomic mass is 28.4. The molecule has 0 aliphatic carbocycles. The number of allylic oxidation sites excluding steroid dienone is 1. The molecule has 0 aliphatic rings. The van der Waals surface area contributed by atoms with Crippen LogP contribution in [0, 0.1) is 0 Å². The van der Waals surface area contributed by atoms with Crippen LogP contribution in [0.1, 0.15) is 39.2 Å². The first kappa shape index (κ1) is 18.1. The fourth-order valence-electron chi connectivity index (χ4n) is 1.70. The molecule has 1 aromatic carbocycles. The van der Waals surface area contributed by atoms with Gasteiger partial charge in [0.2, 0.25) is 0 Å². The highest BCUT2D eigenvalue weighted by Gasteiger charge is 2.39. The first-order chi connectivity index (χ1) is 9.76. The van der Waals surface area contributed by atoms with Gasteiger partial charge in [-0.1, -0.05) is 57.2 Å². The molecule has 1 rings (SSSR count). The van der Waals surface area contributed by atoms with E-state index in [1.165, 1.54) is 5.56 Å². The highest BCUT2D eigenvalue weighted by molar-refractivity contribution is 6.74. The second-order valence-electron chi connectivity index (χ2n) is 6.97. The van der Waals surface area contributed by atoms with E-state index < -0.39 is 8.32 Å². The van der Waals surface area contributed by atoms with Crippen molar-refractivity contribution < 1.29 is 9.16 Å². The van der Waals surface area contributed by atoms with Crippen LogP contribution in [0.5, 0.6) is 0 Å². The Morgan fingerprint density at radius 1 is 1.19 bits per heavy atom. The Morgan fingerprint density at radius 2 is 1.81 bits per heavy atom. The van der Waals surface area contributed by atoms with Crippen molar-refractivity contribution in [1.29, 1.82) is 0 Å². The van der Waals surface area contributed by atoms with Crippen LogP contribution < -0.4 is 0 Å². The van der Waals surface area contributed by atoms with E-state index in [1.54, 1.807) is 0 Å². The van der Waals surface area contributed by atoms with Gasteiger partial charge in [-0.05, 0) is 30.1 Å². The van der Waals surface area contributed by atoms with Crippen LogP contribution >= 0.6 is 0 Å². The van der Waals surface area contributed by atoms with Crippen molar-refractivity contribution in [3.8, 4) is 0 Å². The van der Waals surface area contributed by atoms with Crippen LogP contribution in [0.2, 0.25) is 18.1 Å².